The van der Waals surface area contributed by atoms with E-state index in [1.165, 1.54) is 0 Å². The molecule has 1 rings (SSSR count). The number of hydrogen-bond donors (Lipinski definition) is 2. The highest BCUT2D eigenvalue weighted by Crippen LogP contribution is 2.12. The Morgan fingerprint density at radius 2 is 2.06 bits per heavy atom. The first kappa shape index (κ1) is 14.9. The Labute approximate surface area is 103 Å². The summed E-state index contributed by atoms with van der Waals surface area (Å²) >= 11 is 0. The lowest BCUT2D eigenvalue weighted by molar-refractivity contribution is 0.0940. The zero-order valence-corrected chi connectivity index (χ0v) is 10.7. The van der Waals surface area contributed by atoms with Gasteiger partial charge in [0.05, 0.1) is 0 Å². The second kappa shape index (κ2) is 6.51. The lowest BCUT2D eigenvalue weighted by atomic mass is 10.0. The van der Waals surface area contributed by atoms with Gasteiger partial charge in [-0.25, -0.2) is 0 Å². The van der Waals surface area contributed by atoms with E-state index in [9.17, 15) is 4.79 Å². The maximum atomic E-state index is 11.8. The summed E-state index contributed by atoms with van der Waals surface area (Å²) in [6.07, 6.45) is 0. The van der Waals surface area contributed by atoms with Gasteiger partial charge in [0, 0.05) is 18.2 Å². The molecule has 0 spiro atoms. The van der Waals surface area contributed by atoms with Crippen LogP contribution in [0.1, 0.15) is 28.4 Å². The van der Waals surface area contributed by atoms with E-state index < -0.39 is 0 Å². The van der Waals surface area contributed by atoms with Crippen LogP contribution in [0.3, 0.4) is 0 Å². The Hall–Kier alpha value is -1.06. The molecule has 0 bridgehead atoms. The van der Waals surface area contributed by atoms with E-state index in [1.807, 2.05) is 39.0 Å². The van der Waals surface area contributed by atoms with Crippen molar-refractivity contribution in [2.45, 2.75) is 26.8 Å². The van der Waals surface area contributed by atoms with Gasteiger partial charge in [0.15, 0.2) is 0 Å². The summed E-state index contributed by atoms with van der Waals surface area (Å²) in [7, 11) is 0. The van der Waals surface area contributed by atoms with Gasteiger partial charge >= 0.3 is 0 Å². The number of aryl methyl sites for hydroxylation is 1. The Morgan fingerprint density at radius 3 is 2.62 bits per heavy atom. The second-order valence-corrected chi connectivity index (χ2v) is 3.86. The third kappa shape index (κ3) is 3.51. The molecule has 1 aromatic carbocycles. The fourth-order valence-corrected chi connectivity index (χ4v) is 1.36. The van der Waals surface area contributed by atoms with Crippen LogP contribution in [0.15, 0.2) is 18.2 Å². The fraction of sp³-hybridized carbons (Fsp3) is 0.417. The van der Waals surface area contributed by atoms with Crippen molar-refractivity contribution in [3.63, 3.8) is 0 Å². The van der Waals surface area contributed by atoms with Gasteiger partial charge in [0.1, 0.15) is 0 Å². The average molecular weight is 243 g/mol. The molecule has 90 valence electrons. The lowest BCUT2D eigenvalue weighted by Gasteiger charge is -2.13. The van der Waals surface area contributed by atoms with Crippen LogP contribution in [-0.2, 0) is 0 Å². The SMILES string of the molecule is Cc1cccc(C(=O)N[C@H](C)CN)c1C.Cl. The van der Waals surface area contributed by atoms with Gasteiger partial charge in [-0.1, -0.05) is 12.1 Å². The Bertz CT molecular complexity index is 366. The van der Waals surface area contributed by atoms with E-state index >= 15 is 0 Å². The molecule has 0 saturated carbocycles. The molecule has 0 radical (unpaired) electrons. The first-order chi connectivity index (χ1) is 7.06. The molecule has 0 aliphatic carbocycles. The van der Waals surface area contributed by atoms with Gasteiger partial charge < -0.3 is 11.1 Å². The number of amides is 1. The minimum Gasteiger partial charge on any atom is -0.348 e. The number of benzene rings is 1. The lowest BCUT2D eigenvalue weighted by Crippen LogP contribution is -2.38. The van der Waals surface area contributed by atoms with E-state index in [0.29, 0.717) is 6.54 Å². The maximum absolute atomic E-state index is 11.8. The van der Waals surface area contributed by atoms with Crippen molar-refractivity contribution in [3.05, 3.63) is 34.9 Å². The van der Waals surface area contributed by atoms with Crippen molar-refractivity contribution in [1.29, 1.82) is 0 Å². The van der Waals surface area contributed by atoms with Crippen LogP contribution < -0.4 is 11.1 Å². The predicted octanol–water partition coefficient (Wildman–Crippen LogP) is 1.80. The molecule has 0 aliphatic rings. The van der Waals surface area contributed by atoms with Crippen molar-refractivity contribution >= 4 is 18.3 Å². The van der Waals surface area contributed by atoms with Gasteiger partial charge in [0.2, 0.25) is 0 Å². The van der Waals surface area contributed by atoms with Gasteiger partial charge in [0.25, 0.3) is 5.91 Å². The van der Waals surface area contributed by atoms with Crippen molar-refractivity contribution in [1.82, 2.24) is 5.32 Å². The summed E-state index contributed by atoms with van der Waals surface area (Å²) in [6.45, 7) is 6.30. The van der Waals surface area contributed by atoms with Crippen molar-refractivity contribution < 1.29 is 4.79 Å². The topological polar surface area (TPSA) is 55.1 Å². The van der Waals surface area contributed by atoms with Gasteiger partial charge in [-0.05, 0) is 38.0 Å². The molecule has 0 aliphatic heterocycles. The first-order valence-corrected chi connectivity index (χ1v) is 5.13. The van der Waals surface area contributed by atoms with Crippen LogP contribution in [-0.4, -0.2) is 18.5 Å². The zero-order valence-electron chi connectivity index (χ0n) is 9.91. The number of carbonyl (C=O) groups excluding carboxylic acids is 1. The molecule has 3 nitrogen and oxygen atoms in total. The highest BCUT2D eigenvalue weighted by Gasteiger charge is 2.11. The summed E-state index contributed by atoms with van der Waals surface area (Å²) < 4.78 is 0. The smallest absolute Gasteiger partial charge is 0.251 e. The van der Waals surface area contributed by atoms with E-state index in [2.05, 4.69) is 5.32 Å². The molecule has 3 N–H and O–H groups in total. The van der Waals surface area contributed by atoms with Gasteiger partial charge in [-0.3, -0.25) is 4.79 Å². The minimum absolute atomic E-state index is 0. The number of nitrogens with one attached hydrogen (secondary N) is 1. The Kier molecular flexibility index (Phi) is 6.08. The molecule has 0 aromatic heterocycles. The number of hydrogen-bond acceptors (Lipinski definition) is 2. The van der Waals surface area contributed by atoms with Crippen molar-refractivity contribution in [3.8, 4) is 0 Å². The highest BCUT2D eigenvalue weighted by molar-refractivity contribution is 5.96. The Morgan fingerprint density at radius 1 is 1.44 bits per heavy atom. The molecule has 0 fully saturated rings. The van der Waals surface area contributed by atoms with Crippen LogP contribution >= 0.6 is 12.4 Å². The molecule has 0 heterocycles. The normalized spacial score (nSPS) is 11.5. The first-order valence-electron chi connectivity index (χ1n) is 5.13. The third-order valence-corrected chi connectivity index (χ3v) is 2.58. The molecule has 4 heteroatoms. The molecule has 1 aromatic rings. The molecule has 1 atom stereocenters. The average Bonchev–Trinajstić information content (AvgIpc) is 2.21. The van der Waals surface area contributed by atoms with E-state index in [4.69, 9.17) is 5.73 Å². The van der Waals surface area contributed by atoms with Gasteiger partial charge in [-0.15, -0.1) is 12.4 Å². The van der Waals surface area contributed by atoms with Crippen LogP contribution in [0.5, 0.6) is 0 Å². The van der Waals surface area contributed by atoms with E-state index in [-0.39, 0.29) is 24.4 Å². The molecular formula is C12H19ClN2O. The molecule has 1 amide bonds. The number of nitrogens with two attached hydrogens (primary N) is 1. The molecule has 16 heavy (non-hydrogen) atoms. The van der Waals surface area contributed by atoms with E-state index in [0.717, 1.165) is 16.7 Å². The van der Waals surface area contributed by atoms with Crippen LogP contribution in [0.25, 0.3) is 0 Å². The highest BCUT2D eigenvalue weighted by atomic mass is 35.5. The zero-order chi connectivity index (χ0) is 11.4. The van der Waals surface area contributed by atoms with Crippen LogP contribution in [0, 0.1) is 13.8 Å². The quantitative estimate of drug-likeness (QED) is 0.849. The Balaban J connectivity index is 0.00000225. The second-order valence-electron chi connectivity index (χ2n) is 3.86. The summed E-state index contributed by atoms with van der Waals surface area (Å²) in [5.74, 6) is -0.0471. The van der Waals surface area contributed by atoms with Crippen molar-refractivity contribution in [2.24, 2.45) is 5.73 Å². The number of halogens is 1. The van der Waals surface area contributed by atoms with Crippen LogP contribution in [0.4, 0.5) is 0 Å². The monoisotopic (exact) mass is 242 g/mol. The molecule has 0 saturated heterocycles. The summed E-state index contributed by atoms with van der Waals surface area (Å²) in [6, 6.07) is 5.74. The maximum Gasteiger partial charge on any atom is 0.251 e. The summed E-state index contributed by atoms with van der Waals surface area (Å²) in [4.78, 5) is 11.8. The minimum atomic E-state index is -0.0471. The van der Waals surface area contributed by atoms with Crippen LogP contribution in [0.2, 0.25) is 0 Å². The largest absolute Gasteiger partial charge is 0.348 e. The summed E-state index contributed by atoms with van der Waals surface area (Å²) in [5, 5.41) is 2.85. The van der Waals surface area contributed by atoms with Crippen molar-refractivity contribution in [2.75, 3.05) is 6.54 Å². The van der Waals surface area contributed by atoms with E-state index in [1.54, 1.807) is 0 Å². The number of carbonyl (C=O) groups is 1. The van der Waals surface area contributed by atoms with Gasteiger partial charge in [-0.2, -0.15) is 0 Å². The number of rotatable bonds is 3. The standard InChI is InChI=1S/C12H18N2O.ClH/c1-8-5-4-6-11(10(8)3)12(15)14-9(2)7-13;/h4-6,9H,7,13H2,1-3H3,(H,14,15);1H/t9-;/m1./s1. The molecule has 0 unspecified atom stereocenters. The molecular weight excluding hydrogens is 224 g/mol. The summed E-state index contributed by atoms with van der Waals surface area (Å²) in [5.41, 5.74) is 8.34. The predicted molar refractivity (Wildman–Crippen MR) is 69.1 cm³/mol. The fourth-order valence-electron chi connectivity index (χ4n) is 1.36. The third-order valence-electron chi connectivity index (χ3n) is 2.58.